The molecule has 11 heteroatoms. The zero-order chi connectivity index (χ0) is 25.0. The number of aromatic nitrogens is 2. The maximum absolute atomic E-state index is 14.1. The second-order valence-corrected chi connectivity index (χ2v) is 7.69. The molecule has 4 rings (SSSR count). The molecule has 186 valence electrons. The highest BCUT2D eigenvalue weighted by atomic mass is 19.4. The Hall–Kier alpha value is -3.89. The monoisotopic (exact) mass is 492 g/mol. The number of hydrogen-bond donors (Lipinski definition) is 0. The number of benzene rings is 2. The zero-order valence-corrected chi connectivity index (χ0v) is 19.1. The number of hydrogen-bond acceptors (Lipinski definition) is 7. The highest BCUT2D eigenvalue weighted by Gasteiger charge is 2.40. The molecule has 1 aliphatic heterocycles. The average Bonchev–Trinajstić information content (AvgIpc) is 3.41. The van der Waals surface area contributed by atoms with Crippen molar-refractivity contribution in [1.82, 2.24) is 9.78 Å². The first kappa shape index (κ1) is 24.2. The molecule has 3 aromatic rings. The molecule has 0 bridgehead atoms. The lowest BCUT2D eigenvalue weighted by Gasteiger charge is -2.13. The van der Waals surface area contributed by atoms with Crippen molar-refractivity contribution in [3.63, 3.8) is 0 Å². The van der Waals surface area contributed by atoms with Crippen LogP contribution in [0.3, 0.4) is 0 Å². The van der Waals surface area contributed by atoms with Gasteiger partial charge in [0.25, 0.3) is 0 Å². The lowest BCUT2D eigenvalue weighted by Crippen LogP contribution is -2.13. The van der Waals surface area contributed by atoms with E-state index in [1.807, 2.05) is 0 Å². The molecule has 1 aromatic heterocycles. The van der Waals surface area contributed by atoms with Gasteiger partial charge in [-0.05, 0) is 35.4 Å². The van der Waals surface area contributed by atoms with Crippen LogP contribution in [0, 0.1) is 0 Å². The van der Waals surface area contributed by atoms with E-state index in [1.54, 1.807) is 42.5 Å². The van der Waals surface area contributed by atoms with Crippen LogP contribution in [0.5, 0.6) is 23.1 Å². The van der Waals surface area contributed by atoms with Crippen molar-refractivity contribution < 1.29 is 41.7 Å². The molecule has 0 spiro atoms. The van der Waals surface area contributed by atoms with Gasteiger partial charge in [0.2, 0.25) is 12.7 Å². The minimum Gasteiger partial charge on any atom is -0.497 e. The summed E-state index contributed by atoms with van der Waals surface area (Å²) in [6, 6.07) is 11.9. The molecule has 2 aromatic carbocycles. The number of rotatable bonds is 9. The Labute approximate surface area is 199 Å². The molecule has 0 atom stereocenters. The molecule has 0 radical (unpaired) electrons. The SMILES string of the molecule is COc1cccc(Cn2nc(C(F)(F)F)c(Cc3ccc4c(c3)OCO4)c2OCCOC(C)=O)c1. The summed E-state index contributed by atoms with van der Waals surface area (Å²) >= 11 is 0. The fourth-order valence-electron chi connectivity index (χ4n) is 3.66. The van der Waals surface area contributed by atoms with Crippen molar-refractivity contribution in [3.8, 4) is 23.1 Å². The number of halogens is 3. The van der Waals surface area contributed by atoms with E-state index in [4.69, 9.17) is 23.7 Å². The van der Waals surface area contributed by atoms with Crippen LogP contribution in [0.4, 0.5) is 13.2 Å². The number of esters is 1. The summed E-state index contributed by atoms with van der Waals surface area (Å²) in [4.78, 5) is 11.1. The second kappa shape index (κ2) is 10.2. The molecule has 8 nitrogen and oxygen atoms in total. The van der Waals surface area contributed by atoms with Gasteiger partial charge in [0.05, 0.1) is 19.2 Å². The van der Waals surface area contributed by atoms with Crippen molar-refractivity contribution in [2.75, 3.05) is 27.1 Å². The molecular weight excluding hydrogens is 469 g/mol. The molecule has 0 aliphatic carbocycles. The summed E-state index contributed by atoms with van der Waals surface area (Å²) in [5.41, 5.74) is 0.0354. The Kier molecular flexibility index (Phi) is 7.04. The highest BCUT2D eigenvalue weighted by Crippen LogP contribution is 2.39. The smallest absolute Gasteiger partial charge is 0.435 e. The third-order valence-corrected chi connectivity index (χ3v) is 5.18. The minimum atomic E-state index is -4.72. The summed E-state index contributed by atoms with van der Waals surface area (Å²) in [5, 5.41) is 3.88. The van der Waals surface area contributed by atoms with Gasteiger partial charge in [-0.25, -0.2) is 4.68 Å². The second-order valence-electron chi connectivity index (χ2n) is 7.69. The summed E-state index contributed by atoms with van der Waals surface area (Å²) in [7, 11) is 1.50. The number of methoxy groups -OCH3 is 1. The Morgan fingerprint density at radius 1 is 1.09 bits per heavy atom. The molecule has 35 heavy (non-hydrogen) atoms. The molecule has 0 saturated carbocycles. The van der Waals surface area contributed by atoms with Gasteiger partial charge in [-0.1, -0.05) is 18.2 Å². The number of carbonyl (C=O) groups excluding carboxylic acids is 1. The standard InChI is InChI=1S/C24H23F3N2O6/c1-15(30)32-8-9-33-23-19(11-16-6-7-20-21(12-16)35-14-34-20)22(24(25,26)27)28-29(23)13-17-4-3-5-18(10-17)31-2/h3-7,10,12H,8-9,11,13-14H2,1-2H3. The molecule has 0 unspecified atom stereocenters. The third kappa shape index (κ3) is 5.79. The van der Waals surface area contributed by atoms with Crippen molar-refractivity contribution in [2.24, 2.45) is 0 Å². The highest BCUT2D eigenvalue weighted by molar-refractivity contribution is 5.65. The Morgan fingerprint density at radius 2 is 1.89 bits per heavy atom. The minimum absolute atomic E-state index is 0.00428. The van der Waals surface area contributed by atoms with Crippen LogP contribution in [0.15, 0.2) is 42.5 Å². The number of carbonyl (C=O) groups is 1. The van der Waals surface area contributed by atoms with Gasteiger partial charge in [-0.3, -0.25) is 4.79 Å². The Balaban J connectivity index is 1.72. The maximum Gasteiger partial charge on any atom is 0.435 e. The summed E-state index contributed by atoms with van der Waals surface area (Å²) in [6.45, 7) is 1.03. The number of alkyl halides is 3. The maximum atomic E-state index is 14.1. The quantitative estimate of drug-likeness (QED) is 0.327. The van der Waals surface area contributed by atoms with Crippen LogP contribution in [0.1, 0.15) is 29.3 Å². The molecule has 0 amide bonds. The average molecular weight is 492 g/mol. The van der Waals surface area contributed by atoms with Crippen molar-refractivity contribution in [2.45, 2.75) is 26.1 Å². The van der Waals surface area contributed by atoms with Gasteiger partial charge in [0.1, 0.15) is 19.0 Å². The van der Waals surface area contributed by atoms with Crippen LogP contribution < -0.4 is 18.9 Å². The lowest BCUT2D eigenvalue weighted by atomic mass is 10.0. The molecule has 2 heterocycles. The van der Waals surface area contributed by atoms with Gasteiger partial charge in [-0.2, -0.15) is 18.3 Å². The van der Waals surface area contributed by atoms with Crippen LogP contribution in [0.25, 0.3) is 0 Å². The normalized spacial score (nSPS) is 12.5. The van der Waals surface area contributed by atoms with E-state index < -0.39 is 17.8 Å². The Bertz CT molecular complexity index is 1210. The first-order valence-electron chi connectivity index (χ1n) is 10.7. The van der Waals surface area contributed by atoms with Gasteiger partial charge in [-0.15, -0.1) is 0 Å². The first-order chi connectivity index (χ1) is 16.7. The van der Waals surface area contributed by atoms with E-state index in [1.165, 1.54) is 14.0 Å². The Morgan fingerprint density at radius 3 is 2.63 bits per heavy atom. The van der Waals surface area contributed by atoms with Crippen LogP contribution in [-0.2, 0) is 28.7 Å². The van der Waals surface area contributed by atoms with Crippen LogP contribution in [0.2, 0.25) is 0 Å². The van der Waals surface area contributed by atoms with E-state index in [9.17, 15) is 18.0 Å². The number of fused-ring (bicyclic) bond motifs is 1. The summed E-state index contributed by atoms with van der Waals surface area (Å²) < 4.78 is 69.8. The van der Waals surface area contributed by atoms with Crippen molar-refractivity contribution in [3.05, 3.63) is 64.8 Å². The van der Waals surface area contributed by atoms with E-state index >= 15 is 0 Å². The molecular formula is C24H23F3N2O6. The van der Waals surface area contributed by atoms with Gasteiger partial charge in [0.15, 0.2) is 17.2 Å². The predicted octanol–water partition coefficient (Wildman–Crippen LogP) is 4.22. The third-order valence-electron chi connectivity index (χ3n) is 5.18. The summed E-state index contributed by atoms with van der Waals surface area (Å²) in [6.07, 6.45) is -4.84. The van der Waals surface area contributed by atoms with Gasteiger partial charge >= 0.3 is 12.1 Å². The van der Waals surface area contributed by atoms with Gasteiger partial charge < -0.3 is 23.7 Å². The lowest BCUT2D eigenvalue weighted by molar-refractivity contribution is -0.142. The van der Waals surface area contributed by atoms with E-state index in [0.717, 1.165) is 4.68 Å². The summed E-state index contributed by atoms with van der Waals surface area (Å²) in [5.74, 6) is 0.956. The van der Waals surface area contributed by atoms with Crippen LogP contribution >= 0.6 is 0 Å². The largest absolute Gasteiger partial charge is 0.497 e. The van der Waals surface area contributed by atoms with Gasteiger partial charge in [0, 0.05) is 13.3 Å². The molecule has 1 aliphatic rings. The topological polar surface area (TPSA) is 81.0 Å². The van der Waals surface area contributed by atoms with Crippen molar-refractivity contribution >= 4 is 5.97 Å². The van der Waals surface area contributed by atoms with E-state index in [-0.39, 0.29) is 44.4 Å². The molecule has 0 fully saturated rings. The van der Waals surface area contributed by atoms with Crippen molar-refractivity contribution in [1.29, 1.82) is 0 Å². The zero-order valence-electron chi connectivity index (χ0n) is 19.1. The number of nitrogens with zero attached hydrogens (tertiary/aromatic N) is 2. The van der Waals surface area contributed by atoms with Crippen LogP contribution in [-0.4, -0.2) is 42.9 Å². The fraction of sp³-hybridized carbons (Fsp3) is 0.333. The fourth-order valence-corrected chi connectivity index (χ4v) is 3.66. The molecule has 0 N–H and O–H groups in total. The predicted molar refractivity (Wildman–Crippen MR) is 117 cm³/mol. The number of ether oxygens (including phenoxy) is 5. The first-order valence-corrected chi connectivity index (χ1v) is 10.7. The molecule has 0 saturated heterocycles. The van der Waals surface area contributed by atoms with E-state index in [0.29, 0.717) is 28.4 Å². The van der Waals surface area contributed by atoms with E-state index in [2.05, 4.69) is 5.10 Å².